The van der Waals surface area contributed by atoms with Gasteiger partial charge in [-0.05, 0) is 43.7 Å². The lowest BCUT2D eigenvalue weighted by Gasteiger charge is -2.27. The first-order valence-corrected chi connectivity index (χ1v) is 11.6. The number of hydrogen-bond acceptors (Lipinski definition) is 4. The van der Waals surface area contributed by atoms with E-state index in [1.165, 1.54) is 11.8 Å². The Labute approximate surface area is 191 Å². The maximum Gasteiger partial charge on any atom is 0.266 e. The molecule has 0 unspecified atom stereocenters. The maximum absolute atomic E-state index is 13.3. The minimum Gasteiger partial charge on any atom is -0.335 e. The predicted octanol–water partition coefficient (Wildman–Crippen LogP) is 4.92. The highest BCUT2D eigenvalue weighted by Crippen LogP contribution is 2.22. The fraction of sp³-hybridized carbons (Fsp3) is 0.192. The van der Waals surface area contributed by atoms with Crippen molar-refractivity contribution in [1.29, 1.82) is 0 Å². The van der Waals surface area contributed by atoms with E-state index < -0.39 is 0 Å². The fourth-order valence-electron chi connectivity index (χ4n) is 3.56. The van der Waals surface area contributed by atoms with Crippen molar-refractivity contribution >= 4 is 28.6 Å². The molecule has 4 rings (SSSR count). The summed E-state index contributed by atoms with van der Waals surface area (Å²) in [4.78, 5) is 33.0. The molecule has 0 aliphatic carbocycles. The molecule has 1 amide bonds. The second-order valence-electron chi connectivity index (χ2n) is 7.78. The van der Waals surface area contributed by atoms with Gasteiger partial charge in [0.15, 0.2) is 5.16 Å². The summed E-state index contributed by atoms with van der Waals surface area (Å²) in [7, 11) is 0. The van der Waals surface area contributed by atoms with E-state index in [2.05, 4.69) is 0 Å². The molecule has 1 aromatic heterocycles. The van der Waals surface area contributed by atoms with E-state index >= 15 is 0 Å². The molecule has 0 spiro atoms. The Morgan fingerprint density at radius 3 is 2.25 bits per heavy atom. The van der Waals surface area contributed by atoms with Crippen molar-refractivity contribution < 1.29 is 4.79 Å². The molecule has 6 heteroatoms. The van der Waals surface area contributed by atoms with E-state index in [4.69, 9.17) is 4.98 Å². The van der Waals surface area contributed by atoms with E-state index in [9.17, 15) is 9.59 Å². The fourth-order valence-corrected chi connectivity index (χ4v) is 4.46. The molecule has 32 heavy (non-hydrogen) atoms. The van der Waals surface area contributed by atoms with Crippen LogP contribution in [0.25, 0.3) is 16.6 Å². The van der Waals surface area contributed by atoms with E-state index in [1.54, 1.807) is 10.6 Å². The van der Waals surface area contributed by atoms with Gasteiger partial charge in [-0.3, -0.25) is 14.2 Å². The van der Waals surface area contributed by atoms with Gasteiger partial charge in [-0.2, -0.15) is 0 Å². The van der Waals surface area contributed by atoms with E-state index in [-0.39, 0.29) is 23.3 Å². The van der Waals surface area contributed by atoms with Gasteiger partial charge in [0, 0.05) is 12.6 Å². The van der Waals surface area contributed by atoms with E-state index in [0.29, 0.717) is 22.6 Å². The Bertz CT molecular complexity index is 1270. The number of thioether (sulfide) groups is 1. The molecular formula is C26H25N3O2S. The van der Waals surface area contributed by atoms with Crippen LogP contribution in [0, 0.1) is 0 Å². The largest absolute Gasteiger partial charge is 0.335 e. The van der Waals surface area contributed by atoms with Crippen LogP contribution in [-0.2, 0) is 11.3 Å². The first-order valence-electron chi connectivity index (χ1n) is 10.6. The van der Waals surface area contributed by atoms with Gasteiger partial charge in [0.2, 0.25) is 5.91 Å². The summed E-state index contributed by atoms with van der Waals surface area (Å²) >= 11 is 1.30. The summed E-state index contributed by atoms with van der Waals surface area (Å²) in [6.45, 7) is 4.58. The topological polar surface area (TPSA) is 55.2 Å². The minimum atomic E-state index is -0.137. The number of benzene rings is 3. The molecular weight excluding hydrogens is 418 g/mol. The third-order valence-electron chi connectivity index (χ3n) is 5.22. The molecule has 0 saturated heterocycles. The smallest absolute Gasteiger partial charge is 0.266 e. The van der Waals surface area contributed by atoms with Crippen LogP contribution >= 0.6 is 11.8 Å². The molecule has 0 saturated carbocycles. The summed E-state index contributed by atoms with van der Waals surface area (Å²) in [6, 6.07) is 26.8. The molecule has 0 N–H and O–H groups in total. The standard InChI is InChI=1S/C26H25N3O2S/c1-19(2)28(17-20-11-5-3-6-12-20)24(30)18-32-26-27-23-16-10-9-15-22(23)25(31)29(26)21-13-7-4-8-14-21/h3-16,19H,17-18H2,1-2H3. The maximum atomic E-state index is 13.3. The number of carbonyl (C=O) groups excluding carboxylic acids is 1. The van der Waals surface area contributed by atoms with Crippen LogP contribution in [0.3, 0.4) is 0 Å². The highest BCUT2D eigenvalue weighted by Gasteiger charge is 2.20. The zero-order valence-corrected chi connectivity index (χ0v) is 19.0. The van der Waals surface area contributed by atoms with Crippen LogP contribution in [0.4, 0.5) is 0 Å². The molecule has 0 fully saturated rings. The summed E-state index contributed by atoms with van der Waals surface area (Å²) < 4.78 is 1.59. The van der Waals surface area contributed by atoms with Gasteiger partial charge < -0.3 is 4.90 Å². The van der Waals surface area contributed by atoms with Gasteiger partial charge in [-0.15, -0.1) is 0 Å². The second-order valence-corrected chi connectivity index (χ2v) is 8.72. The third kappa shape index (κ3) is 4.75. The SMILES string of the molecule is CC(C)N(Cc1ccccc1)C(=O)CSc1nc2ccccc2c(=O)n1-c1ccccc1. The normalized spacial score (nSPS) is 11.1. The lowest BCUT2D eigenvalue weighted by molar-refractivity contribution is -0.130. The molecule has 0 aliphatic rings. The molecule has 1 heterocycles. The minimum absolute atomic E-state index is 0.0101. The van der Waals surface area contributed by atoms with Crippen molar-refractivity contribution in [2.24, 2.45) is 0 Å². The Kier molecular flexibility index (Phi) is 6.71. The number of nitrogens with zero attached hydrogens (tertiary/aromatic N) is 3. The van der Waals surface area contributed by atoms with Crippen molar-refractivity contribution in [3.05, 3.63) is 101 Å². The summed E-state index contributed by atoms with van der Waals surface area (Å²) in [5.74, 6) is 0.207. The highest BCUT2D eigenvalue weighted by molar-refractivity contribution is 7.99. The van der Waals surface area contributed by atoms with Gasteiger partial charge in [-0.25, -0.2) is 4.98 Å². The van der Waals surface area contributed by atoms with Crippen LogP contribution < -0.4 is 5.56 Å². The molecule has 4 aromatic rings. The number of hydrogen-bond donors (Lipinski definition) is 0. The average Bonchev–Trinajstić information content (AvgIpc) is 2.82. The predicted molar refractivity (Wildman–Crippen MR) is 130 cm³/mol. The van der Waals surface area contributed by atoms with Crippen molar-refractivity contribution in [3.63, 3.8) is 0 Å². The Balaban J connectivity index is 1.65. The average molecular weight is 444 g/mol. The van der Waals surface area contributed by atoms with Crippen LogP contribution in [0.5, 0.6) is 0 Å². The highest BCUT2D eigenvalue weighted by atomic mass is 32.2. The second kappa shape index (κ2) is 9.83. The van der Waals surface area contributed by atoms with Crippen LogP contribution in [-0.4, -0.2) is 32.2 Å². The summed E-state index contributed by atoms with van der Waals surface area (Å²) in [6.07, 6.45) is 0. The van der Waals surface area contributed by atoms with E-state index in [0.717, 1.165) is 11.3 Å². The Morgan fingerprint density at radius 1 is 0.938 bits per heavy atom. The molecule has 162 valence electrons. The Morgan fingerprint density at radius 2 is 1.56 bits per heavy atom. The molecule has 0 radical (unpaired) electrons. The number of rotatable bonds is 7. The molecule has 5 nitrogen and oxygen atoms in total. The van der Waals surface area contributed by atoms with Crippen LogP contribution in [0.1, 0.15) is 19.4 Å². The number of amides is 1. The quantitative estimate of drug-likeness (QED) is 0.301. The zero-order chi connectivity index (χ0) is 22.5. The number of fused-ring (bicyclic) bond motifs is 1. The molecule has 0 bridgehead atoms. The van der Waals surface area contributed by atoms with Crippen LogP contribution in [0.15, 0.2) is 94.9 Å². The number of para-hydroxylation sites is 2. The van der Waals surface area contributed by atoms with Gasteiger partial charge in [-0.1, -0.05) is 72.4 Å². The van der Waals surface area contributed by atoms with Crippen molar-refractivity contribution in [3.8, 4) is 5.69 Å². The van der Waals surface area contributed by atoms with Gasteiger partial charge in [0.25, 0.3) is 5.56 Å². The zero-order valence-electron chi connectivity index (χ0n) is 18.1. The van der Waals surface area contributed by atoms with Gasteiger partial charge in [0.05, 0.1) is 22.3 Å². The summed E-state index contributed by atoms with van der Waals surface area (Å²) in [5.41, 5.74) is 2.31. The third-order valence-corrected chi connectivity index (χ3v) is 6.15. The lowest BCUT2D eigenvalue weighted by Crippen LogP contribution is -2.37. The lowest BCUT2D eigenvalue weighted by atomic mass is 10.2. The van der Waals surface area contributed by atoms with Crippen molar-refractivity contribution in [2.45, 2.75) is 31.6 Å². The summed E-state index contributed by atoms with van der Waals surface area (Å²) in [5, 5.41) is 1.07. The first kappa shape index (κ1) is 21.8. The molecule has 3 aromatic carbocycles. The van der Waals surface area contributed by atoms with Crippen LogP contribution in [0.2, 0.25) is 0 Å². The first-order chi connectivity index (χ1) is 15.5. The molecule has 0 atom stereocenters. The monoisotopic (exact) mass is 443 g/mol. The van der Waals surface area contributed by atoms with Gasteiger partial charge >= 0.3 is 0 Å². The number of aromatic nitrogens is 2. The molecule has 0 aliphatic heterocycles. The van der Waals surface area contributed by atoms with Crippen molar-refractivity contribution in [2.75, 3.05) is 5.75 Å². The van der Waals surface area contributed by atoms with Gasteiger partial charge in [0.1, 0.15) is 0 Å². The van der Waals surface area contributed by atoms with E-state index in [1.807, 2.05) is 97.6 Å². The van der Waals surface area contributed by atoms with Crippen molar-refractivity contribution in [1.82, 2.24) is 14.5 Å². The Hall–Kier alpha value is -3.38. The number of carbonyl (C=O) groups is 1.